The molecule has 4 heteroatoms. The standard InChI is InChI=1S/C16H20F2O2/c1-16(2,3)20-15(19)13(9-10-14(17)18)11-12-7-5-4-6-8-12/h4-8,10,13H,9,11H2,1-3H3. The summed E-state index contributed by atoms with van der Waals surface area (Å²) >= 11 is 0. The van der Waals surface area contributed by atoms with E-state index in [1.807, 2.05) is 30.3 Å². The monoisotopic (exact) mass is 282 g/mol. The Hall–Kier alpha value is -1.71. The molecular weight excluding hydrogens is 262 g/mol. The molecule has 2 nitrogen and oxygen atoms in total. The normalized spacial score (nSPS) is 12.7. The van der Waals surface area contributed by atoms with Crippen LogP contribution in [-0.2, 0) is 16.0 Å². The molecule has 1 aromatic rings. The van der Waals surface area contributed by atoms with E-state index in [4.69, 9.17) is 4.74 Å². The summed E-state index contributed by atoms with van der Waals surface area (Å²) in [6.45, 7) is 5.28. The molecule has 0 aliphatic heterocycles. The molecule has 0 fully saturated rings. The molecule has 1 aromatic carbocycles. The number of halogens is 2. The lowest BCUT2D eigenvalue weighted by Crippen LogP contribution is -2.29. The van der Waals surface area contributed by atoms with Crippen molar-refractivity contribution in [2.24, 2.45) is 5.92 Å². The van der Waals surface area contributed by atoms with Gasteiger partial charge >= 0.3 is 5.97 Å². The number of ether oxygens (including phenoxy) is 1. The largest absolute Gasteiger partial charge is 0.460 e. The van der Waals surface area contributed by atoms with Crippen molar-refractivity contribution in [3.63, 3.8) is 0 Å². The summed E-state index contributed by atoms with van der Waals surface area (Å²) < 4.78 is 29.8. The lowest BCUT2D eigenvalue weighted by molar-refractivity contribution is -0.159. The molecule has 1 atom stereocenters. The summed E-state index contributed by atoms with van der Waals surface area (Å²) in [7, 11) is 0. The maximum atomic E-state index is 12.2. The molecule has 20 heavy (non-hydrogen) atoms. The van der Waals surface area contributed by atoms with E-state index >= 15 is 0 Å². The van der Waals surface area contributed by atoms with Crippen LogP contribution in [0.4, 0.5) is 8.78 Å². The van der Waals surface area contributed by atoms with Crippen LogP contribution in [0.1, 0.15) is 32.8 Å². The Morgan fingerprint density at radius 3 is 2.35 bits per heavy atom. The van der Waals surface area contributed by atoms with Gasteiger partial charge in [0, 0.05) is 0 Å². The van der Waals surface area contributed by atoms with Gasteiger partial charge in [0.15, 0.2) is 0 Å². The molecule has 0 aliphatic rings. The van der Waals surface area contributed by atoms with Gasteiger partial charge in [0.1, 0.15) is 5.60 Å². The van der Waals surface area contributed by atoms with Crippen LogP contribution >= 0.6 is 0 Å². The number of hydrogen-bond acceptors (Lipinski definition) is 2. The Bertz CT molecular complexity index is 457. The highest BCUT2D eigenvalue weighted by Crippen LogP contribution is 2.19. The molecule has 0 heterocycles. The molecule has 110 valence electrons. The second kappa shape index (κ2) is 7.17. The van der Waals surface area contributed by atoms with Gasteiger partial charge in [0.25, 0.3) is 6.08 Å². The molecular formula is C16H20F2O2. The van der Waals surface area contributed by atoms with Gasteiger partial charge < -0.3 is 4.74 Å². The average Bonchev–Trinajstić information content (AvgIpc) is 2.33. The van der Waals surface area contributed by atoms with Crippen LogP contribution in [0, 0.1) is 5.92 Å². The first-order chi connectivity index (χ1) is 9.28. The number of benzene rings is 1. The third-order valence-corrected chi connectivity index (χ3v) is 2.62. The SMILES string of the molecule is CC(C)(C)OC(=O)C(CC=C(F)F)Cc1ccccc1. The lowest BCUT2D eigenvalue weighted by Gasteiger charge is -2.23. The highest BCUT2D eigenvalue weighted by Gasteiger charge is 2.25. The average molecular weight is 282 g/mol. The molecule has 1 rings (SSSR count). The van der Waals surface area contributed by atoms with E-state index in [1.54, 1.807) is 20.8 Å². The summed E-state index contributed by atoms with van der Waals surface area (Å²) in [5.74, 6) is -1.04. The van der Waals surface area contributed by atoms with E-state index < -0.39 is 23.6 Å². The van der Waals surface area contributed by atoms with Crippen LogP contribution in [0.25, 0.3) is 0 Å². The van der Waals surface area contributed by atoms with Crippen molar-refractivity contribution in [3.8, 4) is 0 Å². The molecule has 0 aliphatic carbocycles. The van der Waals surface area contributed by atoms with E-state index in [9.17, 15) is 13.6 Å². The third-order valence-electron chi connectivity index (χ3n) is 2.62. The van der Waals surface area contributed by atoms with Crippen LogP contribution in [0.2, 0.25) is 0 Å². The first kappa shape index (κ1) is 16.3. The van der Waals surface area contributed by atoms with E-state index in [2.05, 4.69) is 0 Å². The predicted octanol–water partition coefficient (Wildman–Crippen LogP) is 4.36. The highest BCUT2D eigenvalue weighted by molar-refractivity contribution is 5.73. The number of allylic oxidation sites excluding steroid dienone is 1. The Morgan fingerprint density at radius 1 is 1.25 bits per heavy atom. The van der Waals surface area contributed by atoms with Crippen molar-refractivity contribution in [2.75, 3.05) is 0 Å². The molecule has 0 aromatic heterocycles. The van der Waals surface area contributed by atoms with Crippen LogP contribution in [-0.4, -0.2) is 11.6 Å². The highest BCUT2D eigenvalue weighted by atomic mass is 19.3. The van der Waals surface area contributed by atoms with Gasteiger partial charge in [-0.05, 0) is 45.3 Å². The number of carbonyl (C=O) groups is 1. The molecule has 0 saturated heterocycles. The zero-order valence-electron chi connectivity index (χ0n) is 12.0. The Balaban J connectivity index is 2.79. The second-order valence-corrected chi connectivity index (χ2v) is 5.65. The van der Waals surface area contributed by atoms with Gasteiger partial charge in [0.05, 0.1) is 5.92 Å². The molecule has 0 amide bonds. The molecule has 0 spiro atoms. The Morgan fingerprint density at radius 2 is 1.85 bits per heavy atom. The first-order valence-corrected chi connectivity index (χ1v) is 6.56. The fraction of sp³-hybridized carbons (Fsp3) is 0.438. The van der Waals surface area contributed by atoms with E-state index in [0.717, 1.165) is 11.6 Å². The van der Waals surface area contributed by atoms with E-state index in [0.29, 0.717) is 6.42 Å². The summed E-state index contributed by atoms with van der Waals surface area (Å²) in [6, 6.07) is 9.31. The number of esters is 1. The fourth-order valence-electron chi connectivity index (χ4n) is 1.78. The van der Waals surface area contributed by atoms with Crippen LogP contribution in [0.5, 0.6) is 0 Å². The van der Waals surface area contributed by atoms with Gasteiger partial charge in [-0.15, -0.1) is 0 Å². The summed E-state index contributed by atoms with van der Waals surface area (Å²) in [4.78, 5) is 12.1. The zero-order chi connectivity index (χ0) is 15.2. The van der Waals surface area contributed by atoms with Crippen molar-refractivity contribution in [2.45, 2.75) is 39.2 Å². The van der Waals surface area contributed by atoms with Crippen molar-refractivity contribution in [1.29, 1.82) is 0 Å². The van der Waals surface area contributed by atoms with Gasteiger partial charge in [-0.25, -0.2) is 0 Å². The maximum absolute atomic E-state index is 12.2. The molecule has 0 saturated carbocycles. The van der Waals surface area contributed by atoms with E-state index in [-0.39, 0.29) is 6.42 Å². The number of hydrogen-bond donors (Lipinski definition) is 0. The van der Waals surface area contributed by atoms with Crippen LogP contribution < -0.4 is 0 Å². The molecule has 1 unspecified atom stereocenters. The minimum atomic E-state index is -1.77. The van der Waals surface area contributed by atoms with Gasteiger partial charge in [-0.3, -0.25) is 4.79 Å². The van der Waals surface area contributed by atoms with Crippen molar-refractivity contribution >= 4 is 5.97 Å². The summed E-state index contributed by atoms with van der Waals surface area (Å²) in [5.41, 5.74) is 0.306. The van der Waals surface area contributed by atoms with Crippen molar-refractivity contribution < 1.29 is 18.3 Å². The van der Waals surface area contributed by atoms with Crippen molar-refractivity contribution in [3.05, 3.63) is 48.1 Å². The third kappa shape index (κ3) is 6.45. The van der Waals surface area contributed by atoms with Gasteiger partial charge in [0.2, 0.25) is 0 Å². The molecule has 0 radical (unpaired) electrons. The second-order valence-electron chi connectivity index (χ2n) is 5.65. The Kier molecular flexibility index (Phi) is 5.86. The minimum Gasteiger partial charge on any atom is -0.460 e. The molecule has 0 bridgehead atoms. The van der Waals surface area contributed by atoms with E-state index in [1.165, 1.54) is 0 Å². The quantitative estimate of drug-likeness (QED) is 0.750. The number of rotatable bonds is 5. The minimum absolute atomic E-state index is 0.0217. The van der Waals surface area contributed by atoms with Crippen molar-refractivity contribution in [1.82, 2.24) is 0 Å². The summed E-state index contributed by atoms with van der Waals surface area (Å²) in [6.07, 6.45) is -0.630. The number of carbonyl (C=O) groups excluding carboxylic acids is 1. The summed E-state index contributed by atoms with van der Waals surface area (Å²) in [5, 5.41) is 0. The van der Waals surface area contributed by atoms with Crippen LogP contribution in [0.15, 0.2) is 42.5 Å². The first-order valence-electron chi connectivity index (χ1n) is 6.56. The Labute approximate surface area is 118 Å². The van der Waals surface area contributed by atoms with Gasteiger partial charge in [-0.1, -0.05) is 30.3 Å². The van der Waals surface area contributed by atoms with Gasteiger partial charge in [-0.2, -0.15) is 8.78 Å². The molecule has 0 N–H and O–H groups in total. The maximum Gasteiger partial charge on any atom is 0.310 e. The lowest BCUT2D eigenvalue weighted by atomic mass is 9.96. The van der Waals surface area contributed by atoms with Crippen LogP contribution in [0.3, 0.4) is 0 Å². The smallest absolute Gasteiger partial charge is 0.310 e. The topological polar surface area (TPSA) is 26.3 Å². The fourth-order valence-corrected chi connectivity index (χ4v) is 1.78. The predicted molar refractivity (Wildman–Crippen MR) is 74.4 cm³/mol. The zero-order valence-corrected chi connectivity index (χ0v) is 12.0.